The van der Waals surface area contributed by atoms with Gasteiger partial charge >= 0.3 is 5.69 Å². The summed E-state index contributed by atoms with van der Waals surface area (Å²) in [4.78, 5) is 28.7. The van der Waals surface area contributed by atoms with E-state index >= 15 is 8.78 Å². The van der Waals surface area contributed by atoms with Gasteiger partial charge in [-0.3, -0.25) is 4.98 Å². The first-order valence-electron chi connectivity index (χ1n) is 13.3. The quantitative estimate of drug-likeness (QED) is 0.139. The molecule has 0 aliphatic carbocycles. The molecule has 4 heterocycles. The maximum Gasteiger partial charge on any atom is 0.355 e. The predicted molar refractivity (Wildman–Crippen MR) is 147 cm³/mol. The van der Waals surface area contributed by atoms with E-state index in [2.05, 4.69) is 28.8 Å². The number of halogens is 5. The first-order chi connectivity index (χ1) is 19.3. The molecular formula is C29H29F5N6O. The van der Waals surface area contributed by atoms with E-state index in [1.54, 1.807) is 19.2 Å². The van der Waals surface area contributed by atoms with Crippen molar-refractivity contribution in [3.8, 4) is 16.9 Å². The molecule has 1 saturated heterocycles. The van der Waals surface area contributed by atoms with Crippen molar-refractivity contribution in [2.75, 3.05) is 23.7 Å². The maximum absolute atomic E-state index is 15.8. The summed E-state index contributed by atoms with van der Waals surface area (Å²) in [5.41, 5.74) is 2.24. The Morgan fingerprint density at radius 1 is 0.976 bits per heavy atom. The Morgan fingerprint density at radius 2 is 1.63 bits per heavy atom. The molecule has 1 fully saturated rings. The molecule has 0 spiro atoms. The molecule has 216 valence electrons. The van der Waals surface area contributed by atoms with Gasteiger partial charge in [0.2, 0.25) is 0 Å². The molecule has 5 rings (SSSR count). The number of nitrogens with zero attached hydrogens (tertiary/aromatic N) is 5. The average molecular weight is 573 g/mol. The van der Waals surface area contributed by atoms with Crippen LogP contribution in [-0.2, 0) is 0 Å². The van der Waals surface area contributed by atoms with Gasteiger partial charge in [0.15, 0.2) is 34.7 Å². The molecule has 0 radical (unpaired) electrons. The van der Waals surface area contributed by atoms with Crippen molar-refractivity contribution in [1.29, 1.82) is 0 Å². The number of piperidine rings is 1. The summed E-state index contributed by atoms with van der Waals surface area (Å²) >= 11 is 0. The smallest absolute Gasteiger partial charge is 0.355 e. The van der Waals surface area contributed by atoms with Crippen LogP contribution < -0.4 is 16.3 Å². The summed E-state index contributed by atoms with van der Waals surface area (Å²) in [6.45, 7) is 10.6. The van der Waals surface area contributed by atoms with Crippen LogP contribution in [0.1, 0.15) is 51.3 Å². The Bertz CT molecular complexity index is 1720. The Hall–Kier alpha value is -4.09. The summed E-state index contributed by atoms with van der Waals surface area (Å²) in [6.07, 6.45) is 2.53. The molecule has 2 atom stereocenters. The van der Waals surface area contributed by atoms with Gasteiger partial charge in [0, 0.05) is 19.3 Å². The van der Waals surface area contributed by atoms with Crippen molar-refractivity contribution in [2.24, 2.45) is 11.8 Å². The zero-order valence-electron chi connectivity index (χ0n) is 23.2. The van der Waals surface area contributed by atoms with Gasteiger partial charge in [-0.05, 0) is 48.8 Å². The highest BCUT2D eigenvalue weighted by Crippen LogP contribution is 2.37. The molecule has 0 amide bonds. The molecule has 7 nitrogen and oxygen atoms in total. The van der Waals surface area contributed by atoms with Gasteiger partial charge in [-0.2, -0.15) is 4.98 Å². The van der Waals surface area contributed by atoms with Crippen LogP contribution in [0.3, 0.4) is 0 Å². The summed E-state index contributed by atoms with van der Waals surface area (Å²) in [5.74, 6) is -8.47. The third-order valence-corrected chi connectivity index (χ3v) is 7.43. The third kappa shape index (κ3) is 4.68. The SMILES string of the molecule is Cc1ccnc(C(C)C)c1-n1c(=O)nc(N2C[C@H](C)C[C@H](C)C2)c2cc(F)c(-c3c(F)c(N)c(F)c(F)c3F)nc21. The van der Waals surface area contributed by atoms with E-state index in [0.717, 1.165) is 17.1 Å². The van der Waals surface area contributed by atoms with Crippen LogP contribution in [0, 0.1) is 47.8 Å². The topological polar surface area (TPSA) is 89.9 Å². The normalized spacial score (nSPS) is 17.6. The van der Waals surface area contributed by atoms with Crippen LogP contribution in [0.4, 0.5) is 33.5 Å². The van der Waals surface area contributed by atoms with Crippen molar-refractivity contribution in [3.05, 3.63) is 69.2 Å². The predicted octanol–water partition coefficient (Wildman–Crippen LogP) is 6.03. The highest BCUT2D eigenvalue weighted by molar-refractivity contribution is 5.90. The fourth-order valence-electron chi connectivity index (χ4n) is 5.70. The number of aromatic nitrogens is 4. The Labute approximate surface area is 232 Å². The molecule has 0 unspecified atom stereocenters. The number of pyridine rings is 2. The number of benzene rings is 1. The molecule has 4 aromatic rings. The molecular weight excluding hydrogens is 543 g/mol. The van der Waals surface area contributed by atoms with Gasteiger partial charge in [0.1, 0.15) is 17.2 Å². The lowest BCUT2D eigenvalue weighted by atomic mass is 9.92. The van der Waals surface area contributed by atoms with Crippen LogP contribution in [0.5, 0.6) is 0 Å². The van der Waals surface area contributed by atoms with Crippen LogP contribution in [-0.4, -0.2) is 32.6 Å². The average Bonchev–Trinajstić information content (AvgIpc) is 2.91. The molecule has 1 aromatic carbocycles. The van der Waals surface area contributed by atoms with Crippen LogP contribution in [0.15, 0.2) is 23.1 Å². The molecule has 41 heavy (non-hydrogen) atoms. The number of nitrogen functional groups attached to an aromatic ring is 1. The largest absolute Gasteiger partial charge is 0.394 e. The number of fused-ring (bicyclic) bond motifs is 1. The highest BCUT2D eigenvalue weighted by atomic mass is 19.2. The van der Waals surface area contributed by atoms with Gasteiger partial charge < -0.3 is 10.6 Å². The van der Waals surface area contributed by atoms with E-state index in [-0.39, 0.29) is 34.6 Å². The van der Waals surface area contributed by atoms with E-state index < -0.39 is 51.7 Å². The molecule has 2 N–H and O–H groups in total. The minimum Gasteiger partial charge on any atom is -0.394 e. The monoisotopic (exact) mass is 572 g/mol. The first-order valence-corrected chi connectivity index (χ1v) is 13.3. The summed E-state index contributed by atoms with van der Waals surface area (Å²) < 4.78 is 75.2. The van der Waals surface area contributed by atoms with Gasteiger partial charge in [0.25, 0.3) is 0 Å². The van der Waals surface area contributed by atoms with Crippen molar-refractivity contribution < 1.29 is 22.0 Å². The second-order valence-corrected chi connectivity index (χ2v) is 11.2. The van der Waals surface area contributed by atoms with Gasteiger partial charge in [-0.15, -0.1) is 0 Å². The number of anilines is 2. The summed E-state index contributed by atoms with van der Waals surface area (Å²) in [6, 6.07) is 2.62. The second-order valence-electron chi connectivity index (χ2n) is 11.2. The molecule has 1 aliphatic heterocycles. The van der Waals surface area contributed by atoms with E-state index in [1.807, 2.05) is 18.7 Å². The van der Waals surface area contributed by atoms with E-state index in [9.17, 15) is 18.0 Å². The van der Waals surface area contributed by atoms with Crippen molar-refractivity contribution in [1.82, 2.24) is 19.5 Å². The lowest BCUT2D eigenvalue weighted by Crippen LogP contribution is -2.41. The fraction of sp³-hybridized carbons (Fsp3) is 0.379. The van der Waals surface area contributed by atoms with E-state index in [0.29, 0.717) is 30.0 Å². The minimum absolute atomic E-state index is 0.0986. The van der Waals surface area contributed by atoms with Crippen molar-refractivity contribution in [3.63, 3.8) is 0 Å². The molecule has 0 saturated carbocycles. The minimum atomic E-state index is -2.07. The first kappa shape index (κ1) is 28.4. The zero-order valence-corrected chi connectivity index (χ0v) is 23.2. The fourth-order valence-corrected chi connectivity index (χ4v) is 5.70. The summed E-state index contributed by atoms with van der Waals surface area (Å²) in [7, 11) is 0. The lowest BCUT2D eigenvalue weighted by molar-refractivity contribution is 0.355. The Kier molecular flexibility index (Phi) is 7.20. The number of hydrogen-bond acceptors (Lipinski definition) is 6. The van der Waals surface area contributed by atoms with Gasteiger partial charge in [-0.1, -0.05) is 27.7 Å². The number of aryl methyl sites for hydroxylation is 1. The highest BCUT2D eigenvalue weighted by Gasteiger charge is 2.31. The van der Waals surface area contributed by atoms with E-state index in [1.165, 1.54) is 0 Å². The maximum atomic E-state index is 15.8. The Morgan fingerprint density at radius 3 is 2.27 bits per heavy atom. The van der Waals surface area contributed by atoms with Gasteiger partial charge in [-0.25, -0.2) is 36.3 Å². The van der Waals surface area contributed by atoms with E-state index in [4.69, 9.17) is 5.73 Å². The third-order valence-electron chi connectivity index (χ3n) is 7.43. The molecule has 3 aromatic heterocycles. The number of nitrogens with two attached hydrogens (primary N) is 1. The molecule has 0 bridgehead atoms. The number of hydrogen-bond donors (Lipinski definition) is 1. The van der Waals surface area contributed by atoms with Crippen LogP contribution in [0.25, 0.3) is 28.0 Å². The van der Waals surface area contributed by atoms with Crippen molar-refractivity contribution >= 4 is 22.5 Å². The molecule has 1 aliphatic rings. The zero-order chi connectivity index (χ0) is 29.9. The number of rotatable bonds is 4. The standard InChI is InChI=1S/C29H29F5N6O/c1-12(2)24-26(15(5)6-7-36-24)40-28-16(27(38-29(40)41)39-10-13(3)8-14(4)11-39)9-17(30)25(37-28)18-19(31)21(33)22(34)23(35)20(18)32/h6-7,9,12-14H,8,10-11,35H2,1-5H3/t13-,14+. The molecule has 12 heteroatoms. The van der Waals surface area contributed by atoms with Crippen LogP contribution in [0.2, 0.25) is 0 Å². The van der Waals surface area contributed by atoms with Crippen LogP contribution >= 0.6 is 0 Å². The lowest BCUT2D eigenvalue weighted by Gasteiger charge is -2.36. The summed E-state index contributed by atoms with van der Waals surface area (Å²) in [5, 5.41) is 0.0986. The second kappa shape index (κ2) is 10.4. The van der Waals surface area contributed by atoms with Gasteiger partial charge in [0.05, 0.1) is 22.3 Å². The van der Waals surface area contributed by atoms with Crippen molar-refractivity contribution in [2.45, 2.75) is 47.0 Å². The Balaban J connectivity index is 1.93.